The van der Waals surface area contributed by atoms with Gasteiger partial charge >= 0.3 is 0 Å². The van der Waals surface area contributed by atoms with Crippen LogP contribution < -0.4 is 10.1 Å². The van der Waals surface area contributed by atoms with Crippen molar-refractivity contribution < 1.29 is 4.74 Å². The molecule has 3 nitrogen and oxygen atoms in total. The fourth-order valence-corrected chi connectivity index (χ4v) is 3.84. The van der Waals surface area contributed by atoms with Gasteiger partial charge in [-0.25, -0.2) is 0 Å². The molecule has 0 aromatic heterocycles. The van der Waals surface area contributed by atoms with Crippen LogP contribution in [0.4, 0.5) is 0 Å². The predicted octanol–water partition coefficient (Wildman–Crippen LogP) is 3.15. The van der Waals surface area contributed by atoms with Crippen LogP contribution in [0.5, 0.6) is 5.75 Å². The molecule has 2 unspecified atom stereocenters. The Hall–Kier alpha value is -1.06. The summed E-state index contributed by atoms with van der Waals surface area (Å²) in [6.45, 7) is 5.91. The maximum Gasteiger partial charge on any atom is 0.119 e. The van der Waals surface area contributed by atoms with E-state index in [0.29, 0.717) is 12.1 Å². The number of likely N-dealkylation sites (tertiary alicyclic amines) is 1. The Morgan fingerprint density at radius 1 is 1.29 bits per heavy atom. The van der Waals surface area contributed by atoms with E-state index < -0.39 is 0 Å². The highest BCUT2D eigenvalue weighted by atomic mass is 16.5. The summed E-state index contributed by atoms with van der Waals surface area (Å²) in [6.07, 6.45) is 6.39. The van der Waals surface area contributed by atoms with Crippen LogP contribution in [-0.4, -0.2) is 37.7 Å². The molecule has 0 spiro atoms. The van der Waals surface area contributed by atoms with Gasteiger partial charge in [-0.3, -0.25) is 0 Å². The molecule has 116 valence electrons. The van der Waals surface area contributed by atoms with Crippen LogP contribution in [0.3, 0.4) is 0 Å². The lowest BCUT2D eigenvalue weighted by Gasteiger charge is -2.36. The smallest absolute Gasteiger partial charge is 0.119 e. The van der Waals surface area contributed by atoms with Gasteiger partial charge in [0.2, 0.25) is 0 Å². The van der Waals surface area contributed by atoms with Crippen LogP contribution >= 0.6 is 0 Å². The Labute approximate surface area is 128 Å². The van der Waals surface area contributed by atoms with Crippen molar-refractivity contribution in [2.24, 2.45) is 0 Å². The molecule has 21 heavy (non-hydrogen) atoms. The number of fused-ring (bicyclic) bond motifs is 1. The molecular formula is C18H28N2O. The summed E-state index contributed by atoms with van der Waals surface area (Å²) in [6, 6.07) is 7.74. The Morgan fingerprint density at radius 3 is 3.00 bits per heavy atom. The predicted molar refractivity (Wildman–Crippen MR) is 86.9 cm³/mol. The van der Waals surface area contributed by atoms with Crippen molar-refractivity contribution in [3.05, 3.63) is 29.3 Å². The maximum absolute atomic E-state index is 5.42. The average Bonchev–Trinajstić information content (AvgIpc) is 2.55. The lowest BCUT2D eigenvalue weighted by molar-refractivity contribution is 0.187. The van der Waals surface area contributed by atoms with Gasteiger partial charge in [-0.1, -0.05) is 13.0 Å². The van der Waals surface area contributed by atoms with Crippen LogP contribution in [0.2, 0.25) is 0 Å². The number of nitrogens with zero attached hydrogens (tertiary/aromatic N) is 1. The summed E-state index contributed by atoms with van der Waals surface area (Å²) >= 11 is 0. The molecule has 3 heteroatoms. The first kappa shape index (κ1) is 14.9. The average molecular weight is 288 g/mol. The highest BCUT2D eigenvalue weighted by molar-refractivity contribution is 5.39. The van der Waals surface area contributed by atoms with E-state index in [1.807, 2.05) is 0 Å². The first-order valence-electron chi connectivity index (χ1n) is 8.45. The fourth-order valence-electron chi connectivity index (χ4n) is 3.84. The standard InChI is InChI=1S/C18H28N2O/c1-3-20-11-5-7-15(13-20)19-18-8-4-6-14-9-10-16(21-2)12-17(14)18/h9-10,12,15,18-19H,3-8,11,13H2,1-2H3. The number of hydrogen-bond donors (Lipinski definition) is 1. The Kier molecular flexibility index (Phi) is 4.81. The highest BCUT2D eigenvalue weighted by Crippen LogP contribution is 2.33. The summed E-state index contributed by atoms with van der Waals surface area (Å²) in [4.78, 5) is 2.57. The zero-order chi connectivity index (χ0) is 14.7. The second-order valence-electron chi connectivity index (χ2n) is 6.41. The SMILES string of the molecule is CCN1CCCC(NC2CCCc3ccc(OC)cc32)C1. The third-order valence-corrected chi connectivity index (χ3v) is 5.06. The molecule has 1 aromatic carbocycles. The van der Waals surface area contributed by atoms with E-state index in [-0.39, 0.29) is 0 Å². The number of nitrogens with one attached hydrogen (secondary N) is 1. The molecule has 1 saturated heterocycles. The van der Waals surface area contributed by atoms with Crippen LogP contribution in [0.1, 0.15) is 49.8 Å². The van der Waals surface area contributed by atoms with Gasteiger partial charge in [-0.05, 0) is 68.5 Å². The summed E-state index contributed by atoms with van der Waals surface area (Å²) in [5.41, 5.74) is 2.97. The van der Waals surface area contributed by atoms with Gasteiger partial charge in [0.1, 0.15) is 5.75 Å². The molecule has 3 rings (SSSR count). The van der Waals surface area contributed by atoms with Gasteiger partial charge in [0.25, 0.3) is 0 Å². The van der Waals surface area contributed by atoms with Gasteiger partial charge < -0.3 is 15.0 Å². The normalized spacial score (nSPS) is 26.4. The highest BCUT2D eigenvalue weighted by Gasteiger charge is 2.25. The minimum atomic E-state index is 0.505. The van der Waals surface area contributed by atoms with E-state index in [4.69, 9.17) is 4.74 Å². The Morgan fingerprint density at radius 2 is 2.19 bits per heavy atom. The lowest BCUT2D eigenvalue weighted by atomic mass is 9.86. The summed E-state index contributed by atoms with van der Waals surface area (Å²) in [5, 5.41) is 3.93. The number of benzene rings is 1. The number of hydrogen-bond acceptors (Lipinski definition) is 3. The third-order valence-electron chi connectivity index (χ3n) is 5.06. The molecule has 0 saturated carbocycles. The zero-order valence-corrected chi connectivity index (χ0v) is 13.4. The molecule has 0 radical (unpaired) electrons. The number of rotatable bonds is 4. The Bertz CT molecular complexity index is 474. The van der Waals surface area contributed by atoms with Gasteiger partial charge in [-0.2, -0.15) is 0 Å². The molecular weight excluding hydrogens is 260 g/mol. The van der Waals surface area contributed by atoms with E-state index in [1.165, 1.54) is 62.9 Å². The number of piperidine rings is 1. The first-order valence-corrected chi connectivity index (χ1v) is 8.45. The first-order chi connectivity index (χ1) is 10.3. The largest absolute Gasteiger partial charge is 0.497 e. The maximum atomic E-state index is 5.42. The van der Waals surface area contributed by atoms with Crippen molar-refractivity contribution in [3.8, 4) is 5.75 Å². The summed E-state index contributed by atoms with van der Waals surface area (Å²) < 4.78 is 5.42. The molecule has 1 aromatic rings. The number of likely N-dealkylation sites (N-methyl/N-ethyl adjacent to an activating group) is 1. The van der Waals surface area contributed by atoms with E-state index in [1.54, 1.807) is 7.11 Å². The van der Waals surface area contributed by atoms with Crippen molar-refractivity contribution in [1.29, 1.82) is 0 Å². The number of methoxy groups -OCH3 is 1. The van der Waals surface area contributed by atoms with Gasteiger partial charge in [0.05, 0.1) is 7.11 Å². The van der Waals surface area contributed by atoms with E-state index in [0.717, 1.165) is 5.75 Å². The lowest BCUT2D eigenvalue weighted by Crippen LogP contribution is -2.47. The van der Waals surface area contributed by atoms with Crippen LogP contribution in [0.25, 0.3) is 0 Å². The second-order valence-corrected chi connectivity index (χ2v) is 6.41. The monoisotopic (exact) mass is 288 g/mol. The number of aryl methyl sites for hydroxylation is 1. The van der Waals surface area contributed by atoms with Crippen LogP contribution in [0, 0.1) is 0 Å². The molecule has 1 heterocycles. The third kappa shape index (κ3) is 3.41. The summed E-state index contributed by atoms with van der Waals surface area (Å²) in [7, 11) is 1.76. The molecule has 1 fully saturated rings. The number of ether oxygens (including phenoxy) is 1. The summed E-state index contributed by atoms with van der Waals surface area (Å²) in [5.74, 6) is 0.987. The second kappa shape index (κ2) is 6.80. The molecule has 0 amide bonds. The van der Waals surface area contributed by atoms with Crippen molar-refractivity contribution in [2.75, 3.05) is 26.7 Å². The fraction of sp³-hybridized carbons (Fsp3) is 0.667. The minimum absolute atomic E-state index is 0.505. The van der Waals surface area contributed by atoms with Crippen molar-refractivity contribution in [1.82, 2.24) is 10.2 Å². The Balaban J connectivity index is 1.72. The molecule has 0 bridgehead atoms. The van der Waals surface area contributed by atoms with Crippen molar-refractivity contribution in [3.63, 3.8) is 0 Å². The van der Waals surface area contributed by atoms with Crippen LogP contribution in [0.15, 0.2) is 18.2 Å². The molecule has 2 atom stereocenters. The topological polar surface area (TPSA) is 24.5 Å². The van der Waals surface area contributed by atoms with Crippen LogP contribution in [-0.2, 0) is 6.42 Å². The van der Waals surface area contributed by atoms with Crippen molar-refractivity contribution in [2.45, 2.75) is 51.1 Å². The van der Waals surface area contributed by atoms with Gasteiger partial charge in [0, 0.05) is 18.6 Å². The molecule has 1 aliphatic carbocycles. The zero-order valence-electron chi connectivity index (χ0n) is 13.4. The molecule has 1 aliphatic heterocycles. The quantitative estimate of drug-likeness (QED) is 0.921. The van der Waals surface area contributed by atoms with Crippen molar-refractivity contribution >= 4 is 0 Å². The van der Waals surface area contributed by atoms with E-state index >= 15 is 0 Å². The minimum Gasteiger partial charge on any atom is -0.497 e. The van der Waals surface area contributed by atoms with Gasteiger partial charge in [0.15, 0.2) is 0 Å². The van der Waals surface area contributed by atoms with E-state index in [9.17, 15) is 0 Å². The molecule has 2 aliphatic rings. The van der Waals surface area contributed by atoms with E-state index in [2.05, 4.69) is 35.3 Å². The van der Waals surface area contributed by atoms with Gasteiger partial charge in [-0.15, -0.1) is 0 Å². The molecule has 1 N–H and O–H groups in total.